The molecule has 2 N–H and O–H groups in total. The van der Waals surface area contributed by atoms with E-state index in [9.17, 15) is 4.79 Å². The van der Waals surface area contributed by atoms with E-state index in [2.05, 4.69) is 15.6 Å². The molecule has 5 nitrogen and oxygen atoms in total. The lowest BCUT2D eigenvalue weighted by molar-refractivity contribution is -0.121. The molecular formula is C14H17N3O2. The van der Waals surface area contributed by atoms with Crippen LogP contribution >= 0.6 is 0 Å². The van der Waals surface area contributed by atoms with Gasteiger partial charge in [-0.1, -0.05) is 0 Å². The Hall–Kier alpha value is -2.14. The average molecular weight is 259 g/mol. The van der Waals surface area contributed by atoms with Gasteiger partial charge in [0.15, 0.2) is 12.2 Å². The largest absolute Gasteiger partial charge is 0.444 e. The fraction of sp³-hybridized carbons (Fsp3) is 0.286. The van der Waals surface area contributed by atoms with Crippen molar-refractivity contribution in [2.45, 2.75) is 19.4 Å². The molecule has 19 heavy (non-hydrogen) atoms. The van der Waals surface area contributed by atoms with Crippen molar-refractivity contribution in [3.63, 3.8) is 0 Å². The van der Waals surface area contributed by atoms with Crippen LogP contribution in [0.15, 0.2) is 41.3 Å². The molecule has 1 aromatic heterocycles. The summed E-state index contributed by atoms with van der Waals surface area (Å²) in [6.07, 6.45) is 3.04. The highest BCUT2D eigenvalue weighted by Crippen LogP contribution is 2.21. The average Bonchev–Trinajstić information content (AvgIpc) is 2.93. The first-order chi connectivity index (χ1) is 9.03. The SMILES string of the molecule is CNC(C)(C)C(=O)Nc1ccc(-c2cnco2)cc1. The van der Waals surface area contributed by atoms with Gasteiger partial charge in [0, 0.05) is 11.3 Å². The number of nitrogens with one attached hydrogen (secondary N) is 2. The van der Waals surface area contributed by atoms with E-state index >= 15 is 0 Å². The van der Waals surface area contributed by atoms with E-state index in [0.717, 1.165) is 11.3 Å². The predicted molar refractivity (Wildman–Crippen MR) is 73.7 cm³/mol. The number of benzene rings is 1. The normalized spacial score (nSPS) is 11.3. The molecule has 0 aliphatic rings. The minimum Gasteiger partial charge on any atom is -0.444 e. The maximum absolute atomic E-state index is 12.0. The zero-order chi connectivity index (χ0) is 13.9. The first-order valence-electron chi connectivity index (χ1n) is 6.02. The number of carbonyl (C=O) groups is 1. The number of amides is 1. The summed E-state index contributed by atoms with van der Waals surface area (Å²) in [5.41, 5.74) is 1.06. The standard InChI is InChI=1S/C14H17N3O2/c1-14(2,15-3)13(18)17-11-6-4-10(5-7-11)12-8-16-9-19-12/h4-9,15H,1-3H3,(H,17,18). The van der Waals surface area contributed by atoms with Crippen LogP contribution in [-0.4, -0.2) is 23.5 Å². The van der Waals surface area contributed by atoms with Gasteiger partial charge in [-0.05, 0) is 45.2 Å². The lowest BCUT2D eigenvalue weighted by Crippen LogP contribution is -2.47. The second kappa shape index (κ2) is 5.24. The highest BCUT2D eigenvalue weighted by atomic mass is 16.3. The molecule has 0 aliphatic heterocycles. The molecule has 100 valence electrons. The van der Waals surface area contributed by atoms with Crippen molar-refractivity contribution in [2.75, 3.05) is 12.4 Å². The fourth-order valence-electron chi connectivity index (χ4n) is 1.48. The van der Waals surface area contributed by atoms with Gasteiger partial charge >= 0.3 is 0 Å². The zero-order valence-corrected chi connectivity index (χ0v) is 11.2. The number of oxazole rings is 1. The lowest BCUT2D eigenvalue weighted by Gasteiger charge is -2.22. The minimum atomic E-state index is -0.608. The molecule has 5 heteroatoms. The van der Waals surface area contributed by atoms with Crippen molar-refractivity contribution in [2.24, 2.45) is 0 Å². The van der Waals surface area contributed by atoms with Crippen LogP contribution in [0.3, 0.4) is 0 Å². The van der Waals surface area contributed by atoms with Crippen LogP contribution in [0.25, 0.3) is 11.3 Å². The molecule has 0 fully saturated rings. The van der Waals surface area contributed by atoms with E-state index in [0.29, 0.717) is 5.76 Å². The molecule has 0 atom stereocenters. The van der Waals surface area contributed by atoms with Crippen molar-refractivity contribution in [3.05, 3.63) is 36.9 Å². The predicted octanol–water partition coefficient (Wildman–Crippen LogP) is 2.28. The van der Waals surface area contributed by atoms with E-state index in [1.807, 2.05) is 38.1 Å². The van der Waals surface area contributed by atoms with E-state index in [1.165, 1.54) is 6.39 Å². The molecule has 1 amide bonds. The number of carbonyl (C=O) groups excluding carboxylic acids is 1. The molecule has 0 bridgehead atoms. The van der Waals surface area contributed by atoms with Crippen LogP contribution < -0.4 is 10.6 Å². The number of nitrogens with zero attached hydrogens (tertiary/aromatic N) is 1. The molecule has 0 spiro atoms. The molecule has 0 saturated heterocycles. The third-order valence-corrected chi connectivity index (χ3v) is 3.05. The number of anilines is 1. The number of likely N-dealkylation sites (N-methyl/N-ethyl adjacent to an activating group) is 1. The van der Waals surface area contributed by atoms with Gasteiger partial charge < -0.3 is 15.1 Å². The van der Waals surface area contributed by atoms with E-state index in [4.69, 9.17) is 4.42 Å². The van der Waals surface area contributed by atoms with E-state index in [1.54, 1.807) is 13.2 Å². The van der Waals surface area contributed by atoms with Crippen LogP contribution in [0, 0.1) is 0 Å². The summed E-state index contributed by atoms with van der Waals surface area (Å²) in [4.78, 5) is 15.8. The minimum absolute atomic E-state index is 0.0811. The van der Waals surface area contributed by atoms with Gasteiger partial charge in [0.2, 0.25) is 5.91 Å². The molecular weight excluding hydrogens is 242 g/mol. The van der Waals surface area contributed by atoms with Gasteiger partial charge in [0.25, 0.3) is 0 Å². The summed E-state index contributed by atoms with van der Waals surface area (Å²) >= 11 is 0. The lowest BCUT2D eigenvalue weighted by atomic mass is 10.0. The highest BCUT2D eigenvalue weighted by Gasteiger charge is 2.24. The van der Waals surface area contributed by atoms with Gasteiger partial charge in [-0.3, -0.25) is 4.79 Å². The van der Waals surface area contributed by atoms with Crippen molar-refractivity contribution in [3.8, 4) is 11.3 Å². The molecule has 0 saturated carbocycles. The molecule has 1 aromatic carbocycles. The van der Waals surface area contributed by atoms with Crippen LogP contribution in [-0.2, 0) is 4.79 Å². The molecule has 1 heterocycles. The Bertz CT molecular complexity index is 545. The Morgan fingerprint density at radius 3 is 2.47 bits per heavy atom. The van der Waals surface area contributed by atoms with Gasteiger partial charge in [-0.2, -0.15) is 0 Å². The number of hydrogen-bond donors (Lipinski definition) is 2. The Balaban J connectivity index is 2.10. The summed E-state index contributed by atoms with van der Waals surface area (Å²) in [5.74, 6) is 0.621. The number of hydrogen-bond acceptors (Lipinski definition) is 4. The second-order valence-corrected chi connectivity index (χ2v) is 4.77. The maximum Gasteiger partial charge on any atom is 0.244 e. The van der Waals surface area contributed by atoms with Gasteiger partial charge in [0.1, 0.15) is 0 Å². The van der Waals surface area contributed by atoms with Crippen molar-refractivity contribution in [1.82, 2.24) is 10.3 Å². The second-order valence-electron chi connectivity index (χ2n) is 4.77. The topological polar surface area (TPSA) is 67.2 Å². The monoisotopic (exact) mass is 259 g/mol. The van der Waals surface area contributed by atoms with Crippen molar-refractivity contribution < 1.29 is 9.21 Å². The van der Waals surface area contributed by atoms with E-state index in [-0.39, 0.29) is 5.91 Å². The van der Waals surface area contributed by atoms with Gasteiger partial charge in [-0.15, -0.1) is 0 Å². The third-order valence-electron chi connectivity index (χ3n) is 3.05. The smallest absolute Gasteiger partial charge is 0.244 e. The maximum atomic E-state index is 12.0. The fourth-order valence-corrected chi connectivity index (χ4v) is 1.48. The Labute approximate surface area is 112 Å². The van der Waals surface area contributed by atoms with Crippen molar-refractivity contribution >= 4 is 11.6 Å². The van der Waals surface area contributed by atoms with Crippen molar-refractivity contribution in [1.29, 1.82) is 0 Å². The molecule has 0 radical (unpaired) electrons. The summed E-state index contributed by atoms with van der Waals surface area (Å²) in [6, 6.07) is 7.42. The molecule has 0 unspecified atom stereocenters. The molecule has 2 aromatic rings. The van der Waals surface area contributed by atoms with Gasteiger partial charge in [-0.25, -0.2) is 4.98 Å². The summed E-state index contributed by atoms with van der Waals surface area (Å²) in [6.45, 7) is 3.65. The Morgan fingerprint density at radius 1 is 1.26 bits per heavy atom. The summed E-state index contributed by atoms with van der Waals surface area (Å²) < 4.78 is 5.20. The van der Waals surface area contributed by atoms with E-state index < -0.39 is 5.54 Å². The molecule has 0 aliphatic carbocycles. The summed E-state index contributed by atoms with van der Waals surface area (Å²) in [5, 5.41) is 5.82. The quantitative estimate of drug-likeness (QED) is 0.884. The molecule has 2 rings (SSSR count). The van der Waals surface area contributed by atoms with Crippen LogP contribution in [0.2, 0.25) is 0 Å². The Kier molecular flexibility index (Phi) is 3.66. The highest BCUT2D eigenvalue weighted by molar-refractivity contribution is 5.97. The van der Waals surface area contributed by atoms with Crippen LogP contribution in [0.5, 0.6) is 0 Å². The first kappa shape index (κ1) is 13.3. The van der Waals surface area contributed by atoms with Crippen LogP contribution in [0.1, 0.15) is 13.8 Å². The van der Waals surface area contributed by atoms with Gasteiger partial charge in [0.05, 0.1) is 11.7 Å². The van der Waals surface area contributed by atoms with Crippen LogP contribution in [0.4, 0.5) is 5.69 Å². The summed E-state index contributed by atoms with van der Waals surface area (Å²) in [7, 11) is 1.76. The Morgan fingerprint density at radius 2 is 1.95 bits per heavy atom. The first-order valence-corrected chi connectivity index (χ1v) is 6.02. The number of rotatable bonds is 4. The third kappa shape index (κ3) is 3.00. The zero-order valence-electron chi connectivity index (χ0n) is 11.2. The number of aromatic nitrogens is 1.